The molecule has 0 aliphatic rings. The third-order valence-electron chi connectivity index (χ3n) is 3.88. The van der Waals surface area contributed by atoms with Crippen LogP contribution in [0.1, 0.15) is 15.9 Å². The van der Waals surface area contributed by atoms with Gasteiger partial charge in [0.05, 0.1) is 0 Å². The molecule has 2 aromatic heterocycles. The Morgan fingerprint density at radius 2 is 1.12 bits per heavy atom. The summed E-state index contributed by atoms with van der Waals surface area (Å²) in [6.07, 6.45) is 0. The maximum atomic E-state index is 12.8. The lowest BCUT2D eigenvalue weighted by molar-refractivity contribution is 0.103. The van der Waals surface area contributed by atoms with E-state index in [1.165, 1.54) is 12.1 Å². The fourth-order valence-electron chi connectivity index (χ4n) is 2.65. The topological polar surface area (TPSA) is 77.5 Å². The number of hydrogen-bond donors (Lipinski definition) is 0. The largest absolute Gasteiger partial charge is 0.422 e. The van der Waals surface area contributed by atoms with Gasteiger partial charge in [0.2, 0.25) is 5.78 Å². The second-order valence-electron chi connectivity index (χ2n) is 5.59. The zero-order chi connectivity index (χ0) is 18.4. The molecule has 0 fully saturated rings. The molecule has 0 atom stereocenters. The molecule has 0 aliphatic carbocycles. The van der Waals surface area contributed by atoms with Gasteiger partial charge in [-0.25, -0.2) is 9.59 Å². The minimum atomic E-state index is -0.786. The van der Waals surface area contributed by atoms with E-state index in [-0.39, 0.29) is 11.1 Å². The lowest BCUT2D eigenvalue weighted by atomic mass is 10.0. The summed E-state index contributed by atoms with van der Waals surface area (Å²) >= 11 is 4.25. The maximum Gasteiger partial charge on any atom is 0.347 e. The second kappa shape index (κ2) is 6.62. The van der Waals surface area contributed by atoms with Gasteiger partial charge in [-0.3, -0.25) is 4.79 Å². The van der Waals surface area contributed by atoms with Crippen molar-refractivity contribution in [2.75, 3.05) is 0 Å². The molecule has 4 rings (SSSR count). The molecule has 7 heteroatoms. The highest BCUT2D eigenvalue weighted by Crippen LogP contribution is 2.20. The molecule has 0 amide bonds. The van der Waals surface area contributed by atoms with E-state index in [0.29, 0.717) is 21.9 Å². The van der Waals surface area contributed by atoms with Gasteiger partial charge in [-0.15, -0.1) is 0 Å². The van der Waals surface area contributed by atoms with Crippen LogP contribution in [0.15, 0.2) is 67.0 Å². The van der Waals surface area contributed by atoms with E-state index in [1.54, 1.807) is 36.4 Å². The Hall–Kier alpha value is -2.01. The van der Waals surface area contributed by atoms with Crippen LogP contribution in [0, 0.1) is 7.14 Å². The zero-order valence-corrected chi connectivity index (χ0v) is 17.2. The molecule has 0 spiro atoms. The summed E-state index contributed by atoms with van der Waals surface area (Å²) in [7, 11) is 0. The van der Waals surface area contributed by atoms with E-state index in [4.69, 9.17) is 8.83 Å². The fourth-order valence-corrected chi connectivity index (χ4v) is 3.68. The molecule has 0 unspecified atom stereocenters. The van der Waals surface area contributed by atoms with Gasteiger partial charge < -0.3 is 8.83 Å². The summed E-state index contributed by atoms with van der Waals surface area (Å²) in [5.41, 5.74) is -1.20. The van der Waals surface area contributed by atoms with E-state index < -0.39 is 17.0 Å². The SMILES string of the molecule is O=C(c1cc2cc(I)ccc2oc1=O)c1cc2cc(I)ccc2oc1=O. The number of halogens is 2. The van der Waals surface area contributed by atoms with Crippen LogP contribution in [-0.4, -0.2) is 5.78 Å². The quantitative estimate of drug-likeness (QED) is 0.204. The smallest absolute Gasteiger partial charge is 0.347 e. The summed E-state index contributed by atoms with van der Waals surface area (Å²) in [6.45, 7) is 0. The number of hydrogen-bond acceptors (Lipinski definition) is 5. The standard InChI is InChI=1S/C19H8I2O5/c20-11-1-3-15-9(5-11)7-13(18(23)25-15)17(22)14-8-10-6-12(21)2-4-16(10)26-19(14)24/h1-8H. The van der Waals surface area contributed by atoms with Crippen molar-refractivity contribution in [1.29, 1.82) is 0 Å². The van der Waals surface area contributed by atoms with Crippen molar-refractivity contribution in [3.8, 4) is 0 Å². The minimum Gasteiger partial charge on any atom is -0.422 e. The van der Waals surface area contributed by atoms with Crippen molar-refractivity contribution in [3.05, 3.63) is 87.6 Å². The van der Waals surface area contributed by atoms with Crippen molar-refractivity contribution in [2.45, 2.75) is 0 Å². The van der Waals surface area contributed by atoms with Crippen LogP contribution in [0.2, 0.25) is 0 Å². The summed E-state index contributed by atoms with van der Waals surface area (Å²) in [6, 6.07) is 13.4. The van der Waals surface area contributed by atoms with Crippen LogP contribution in [0.4, 0.5) is 0 Å². The molecule has 2 heterocycles. The minimum absolute atomic E-state index is 0.197. The molecular formula is C19H8I2O5. The molecule has 0 bridgehead atoms. The average Bonchev–Trinajstić information content (AvgIpc) is 2.60. The van der Waals surface area contributed by atoms with Crippen LogP contribution in [0.3, 0.4) is 0 Å². The fraction of sp³-hybridized carbons (Fsp3) is 0. The molecule has 4 aromatic rings. The highest BCUT2D eigenvalue weighted by atomic mass is 127. The Morgan fingerprint density at radius 1 is 0.692 bits per heavy atom. The van der Waals surface area contributed by atoms with Crippen molar-refractivity contribution < 1.29 is 13.6 Å². The van der Waals surface area contributed by atoms with E-state index in [0.717, 1.165) is 7.14 Å². The number of ketones is 1. The van der Waals surface area contributed by atoms with E-state index in [9.17, 15) is 14.4 Å². The monoisotopic (exact) mass is 570 g/mol. The third kappa shape index (κ3) is 3.09. The van der Waals surface area contributed by atoms with E-state index >= 15 is 0 Å². The average molecular weight is 570 g/mol. The molecule has 0 saturated carbocycles. The first kappa shape index (κ1) is 17.4. The first-order valence-corrected chi connectivity index (χ1v) is 9.60. The van der Waals surface area contributed by atoms with E-state index in [2.05, 4.69) is 45.2 Å². The van der Waals surface area contributed by atoms with Gasteiger partial charge in [0, 0.05) is 17.9 Å². The number of carbonyl (C=O) groups is 1. The second-order valence-corrected chi connectivity index (χ2v) is 8.08. The van der Waals surface area contributed by atoms with Gasteiger partial charge in [0.1, 0.15) is 22.3 Å². The van der Waals surface area contributed by atoms with Crippen molar-refractivity contribution >= 4 is 72.9 Å². The Balaban J connectivity index is 1.92. The number of carbonyl (C=O) groups excluding carboxylic acids is 1. The zero-order valence-electron chi connectivity index (χ0n) is 12.9. The van der Waals surface area contributed by atoms with Gasteiger partial charge >= 0.3 is 11.3 Å². The van der Waals surface area contributed by atoms with Crippen LogP contribution in [0.5, 0.6) is 0 Å². The van der Waals surface area contributed by atoms with Gasteiger partial charge in [-0.1, -0.05) is 0 Å². The van der Waals surface area contributed by atoms with Gasteiger partial charge in [0.25, 0.3) is 0 Å². The molecule has 5 nitrogen and oxygen atoms in total. The summed E-state index contributed by atoms with van der Waals surface area (Å²) < 4.78 is 12.3. The summed E-state index contributed by atoms with van der Waals surface area (Å²) in [4.78, 5) is 37.3. The van der Waals surface area contributed by atoms with Gasteiger partial charge in [0.15, 0.2) is 0 Å². The van der Waals surface area contributed by atoms with Gasteiger partial charge in [-0.05, 0) is 93.7 Å². The maximum absolute atomic E-state index is 12.8. The Morgan fingerprint density at radius 3 is 1.54 bits per heavy atom. The third-order valence-corrected chi connectivity index (χ3v) is 5.22. The highest BCUT2D eigenvalue weighted by Gasteiger charge is 2.20. The van der Waals surface area contributed by atoms with Crippen LogP contribution < -0.4 is 11.3 Å². The summed E-state index contributed by atoms with van der Waals surface area (Å²) in [5.74, 6) is -0.714. The molecule has 0 aliphatic heterocycles. The lowest BCUT2D eigenvalue weighted by Gasteiger charge is -2.03. The highest BCUT2D eigenvalue weighted by molar-refractivity contribution is 14.1. The van der Waals surface area contributed by atoms with Crippen LogP contribution in [-0.2, 0) is 0 Å². The predicted octanol–water partition coefficient (Wildman–Crippen LogP) is 4.34. The first-order chi connectivity index (χ1) is 12.4. The molecule has 0 saturated heterocycles. The molecule has 2 aromatic carbocycles. The Kier molecular flexibility index (Phi) is 4.43. The molecule has 26 heavy (non-hydrogen) atoms. The van der Waals surface area contributed by atoms with Crippen LogP contribution >= 0.6 is 45.2 Å². The predicted molar refractivity (Wildman–Crippen MR) is 114 cm³/mol. The number of benzene rings is 2. The molecule has 0 N–H and O–H groups in total. The normalized spacial score (nSPS) is 11.2. The van der Waals surface area contributed by atoms with Crippen molar-refractivity contribution in [2.24, 2.45) is 0 Å². The molecular weight excluding hydrogens is 562 g/mol. The van der Waals surface area contributed by atoms with Gasteiger partial charge in [-0.2, -0.15) is 0 Å². The number of rotatable bonds is 2. The molecule has 0 radical (unpaired) electrons. The first-order valence-electron chi connectivity index (χ1n) is 7.44. The van der Waals surface area contributed by atoms with E-state index in [1.807, 2.05) is 0 Å². The Labute approximate surface area is 173 Å². The van der Waals surface area contributed by atoms with Crippen molar-refractivity contribution in [1.82, 2.24) is 0 Å². The van der Waals surface area contributed by atoms with Crippen LogP contribution in [0.25, 0.3) is 21.9 Å². The number of fused-ring (bicyclic) bond motifs is 2. The molecule has 128 valence electrons. The van der Waals surface area contributed by atoms with Crippen molar-refractivity contribution in [3.63, 3.8) is 0 Å². The Bertz CT molecular complexity index is 1220. The summed E-state index contributed by atoms with van der Waals surface area (Å²) in [5, 5.41) is 1.22. The lowest BCUT2D eigenvalue weighted by Crippen LogP contribution is -2.20.